The molecular formula is C24H27N3O5. The predicted octanol–water partition coefficient (Wildman–Crippen LogP) is 2.15. The van der Waals surface area contributed by atoms with Gasteiger partial charge in [-0.1, -0.05) is 0 Å². The number of carbonyl (C=O) groups excluding carboxylic acids is 2. The molecule has 8 nitrogen and oxygen atoms in total. The van der Waals surface area contributed by atoms with Crippen LogP contribution in [0.15, 0.2) is 48.3 Å². The summed E-state index contributed by atoms with van der Waals surface area (Å²) in [6, 6.07) is 8.03. The number of hydrogen-bond acceptors (Lipinski definition) is 7. The molecule has 1 aromatic carbocycles. The minimum absolute atomic E-state index is 0.0905. The summed E-state index contributed by atoms with van der Waals surface area (Å²) in [5.41, 5.74) is 2.10. The Morgan fingerprint density at radius 2 is 1.88 bits per heavy atom. The maximum absolute atomic E-state index is 13.1. The van der Waals surface area contributed by atoms with Gasteiger partial charge >= 0.3 is 0 Å². The summed E-state index contributed by atoms with van der Waals surface area (Å²) >= 11 is 0. The Morgan fingerprint density at radius 1 is 1.16 bits per heavy atom. The molecule has 0 saturated carbocycles. The normalized spacial score (nSPS) is 21.2. The van der Waals surface area contributed by atoms with Crippen molar-refractivity contribution in [1.82, 2.24) is 14.8 Å². The van der Waals surface area contributed by atoms with Crippen molar-refractivity contribution in [2.75, 3.05) is 46.5 Å². The standard InChI is InChI=1S/C24H27N3O5/c1-16-15-18(3-4-19(16)31-2)22(28)20-21(17-5-7-25-8-6-17)27(24(30)23(20)29)10-9-26-11-13-32-14-12-26/h3-8,15,21,28H,9-14H2,1-2H3/t21-/m0/s1. The van der Waals surface area contributed by atoms with Crippen LogP contribution in [0.2, 0.25) is 0 Å². The largest absolute Gasteiger partial charge is 0.507 e. The maximum atomic E-state index is 13.1. The molecule has 2 aromatic rings. The minimum Gasteiger partial charge on any atom is -0.507 e. The van der Waals surface area contributed by atoms with Gasteiger partial charge in [-0.05, 0) is 48.4 Å². The number of ether oxygens (including phenoxy) is 2. The lowest BCUT2D eigenvalue weighted by atomic mass is 9.95. The van der Waals surface area contributed by atoms with Gasteiger partial charge in [-0.15, -0.1) is 0 Å². The van der Waals surface area contributed by atoms with Gasteiger partial charge in [0.15, 0.2) is 0 Å². The second-order valence-corrected chi connectivity index (χ2v) is 7.91. The van der Waals surface area contributed by atoms with E-state index in [2.05, 4.69) is 9.88 Å². The van der Waals surface area contributed by atoms with Gasteiger partial charge in [0.05, 0.1) is 31.9 Å². The van der Waals surface area contributed by atoms with E-state index in [0.717, 1.165) is 24.2 Å². The summed E-state index contributed by atoms with van der Waals surface area (Å²) in [5.74, 6) is -0.797. The first-order valence-electron chi connectivity index (χ1n) is 10.6. The van der Waals surface area contributed by atoms with Crippen LogP contribution in [0.5, 0.6) is 5.75 Å². The third kappa shape index (κ3) is 4.24. The van der Waals surface area contributed by atoms with Crippen molar-refractivity contribution in [3.8, 4) is 5.75 Å². The number of nitrogens with zero attached hydrogens (tertiary/aromatic N) is 3. The first-order chi connectivity index (χ1) is 15.5. The zero-order chi connectivity index (χ0) is 22.7. The highest BCUT2D eigenvalue weighted by molar-refractivity contribution is 6.46. The van der Waals surface area contributed by atoms with Gasteiger partial charge in [0, 0.05) is 44.1 Å². The molecule has 1 atom stereocenters. The van der Waals surface area contributed by atoms with Crippen molar-refractivity contribution < 1.29 is 24.2 Å². The molecule has 1 N–H and O–H groups in total. The van der Waals surface area contributed by atoms with Crippen LogP contribution in [0.1, 0.15) is 22.7 Å². The molecule has 2 fully saturated rings. The van der Waals surface area contributed by atoms with Crippen LogP contribution >= 0.6 is 0 Å². The van der Waals surface area contributed by atoms with Crippen LogP contribution in [0.3, 0.4) is 0 Å². The van der Waals surface area contributed by atoms with Crippen molar-refractivity contribution >= 4 is 17.4 Å². The fraction of sp³-hybridized carbons (Fsp3) is 0.375. The number of hydrogen-bond donors (Lipinski definition) is 1. The highest BCUT2D eigenvalue weighted by Crippen LogP contribution is 2.39. The molecule has 2 saturated heterocycles. The van der Waals surface area contributed by atoms with Crippen molar-refractivity contribution in [2.45, 2.75) is 13.0 Å². The quantitative estimate of drug-likeness (QED) is 0.421. The summed E-state index contributed by atoms with van der Waals surface area (Å²) in [4.78, 5) is 33.9. The summed E-state index contributed by atoms with van der Waals surface area (Å²) in [7, 11) is 1.57. The van der Waals surface area contributed by atoms with Crippen molar-refractivity contribution in [3.63, 3.8) is 0 Å². The van der Waals surface area contributed by atoms with E-state index < -0.39 is 17.7 Å². The minimum atomic E-state index is -0.681. The van der Waals surface area contributed by atoms with Crippen LogP contribution in [-0.2, 0) is 14.3 Å². The third-order valence-electron chi connectivity index (χ3n) is 5.99. The molecule has 0 unspecified atom stereocenters. The van der Waals surface area contributed by atoms with E-state index >= 15 is 0 Å². The molecule has 0 radical (unpaired) electrons. The predicted molar refractivity (Wildman–Crippen MR) is 118 cm³/mol. The fourth-order valence-corrected chi connectivity index (χ4v) is 4.26. The first kappa shape index (κ1) is 22.0. The number of aryl methyl sites for hydroxylation is 1. The number of benzene rings is 1. The fourth-order valence-electron chi connectivity index (χ4n) is 4.26. The number of pyridine rings is 1. The number of likely N-dealkylation sites (tertiary alicyclic amines) is 1. The zero-order valence-electron chi connectivity index (χ0n) is 18.3. The summed E-state index contributed by atoms with van der Waals surface area (Å²) in [6.45, 7) is 5.74. The highest BCUT2D eigenvalue weighted by Gasteiger charge is 2.46. The van der Waals surface area contributed by atoms with E-state index in [0.29, 0.717) is 37.6 Å². The van der Waals surface area contributed by atoms with E-state index in [4.69, 9.17) is 9.47 Å². The lowest BCUT2D eigenvalue weighted by Gasteiger charge is -2.31. The van der Waals surface area contributed by atoms with E-state index in [9.17, 15) is 14.7 Å². The number of Topliss-reactive ketones (excluding diaryl/α,β-unsaturated/α-hetero) is 1. The summed E-state index contributed by atoms with van der Waals surface area (Å²) in [5, 5.41) is 11.2. The zero-order valence-corrected chi connectivity index (χ0v) is 18.3. The van der Waals surface area contributed by atoms with E-state index in [1.165, 1.54) is 0 Å². The number of amides is 1. The Labute approximate surface area is 187 Å². The van der Waals surface area contributed by atoms with Crippen molar-refractivity contribution in [2.24, 2.45) is 0 Å². The lowest BCUT2D eigenvalue weighted by molar-refractivity contribution is -0.140. The number of rotatable bonds is 6. The monoisotopic (exact) mass is 437 g/mol. The molecule has 2 aliphatic rings. The van der Waals surface area contributed by atoms with Crippen LogP contribution in [0.25, 0.3) is 5.76 Å². The maximum Gasteiger partial charge on any atom is 0.295 e. The molecule has 8 heteroatoms. The van der Waals surface area contributed by atoms with Gasteiger partial charge < -0.3 is 19.5 Å². The van der Waals surface area contributed by atoms with Crippen LogP contribution in [0, 0.1) is 6.92 Å². The van der Waals surface area contributed by atoms with Gasteiger partial charge in [0.1, 0.15) is 11.5 Å². The average molecular weight is 437 g/mol. The van der Waals surface area contributed by atoms with Gasteiger partial charge in [-0.25, -0.2) is 0 Å². The number of aliphatic hydroxyl groups is 1. The van der Waals surface area contributed by atoms with Gasteiger partial charge in [0.2, 0.25) is 0 Å². The molecule has 32 heavy (non-hydrogen) atoms. The molecule has 168 valence electrons. The van der Waals surface area contributed by atoms with Crippen LogP contribution in [-0.4, -0.2) is 78.1 Å². The third-order valence-corrected chi connectivity index (χ3v) is 5.99. The Hall–Kier alpha value is -3.23. The van der Waals surface area contributed by atoms with Crippen molar-refractivity contribution in [3.05, 3.63) is 65.0 Å². The second kappa shape index (κ2) is 9.50. The number of carbonyl (C=O) groups is 2. The van der Waals surface area contributed by atoms with Gasteiger partial charge in [-0.3, -0.25) is 19.5 Å². The molecule has 4 rings (SSSR count). The highest BCUT2D eigenvalue weighted by atomic mass is 16.5. The summed E-state index contributed by atoms with van der Waals surface area (Å²) in [6.07, 6.45) is 3.24. The molecule has 0 spiro atoms. The molecule has 3 heterocycles. The average Bonchev–Trinajstić information content (AvgIpc) is 3.08. The Morgan fingerprint density at radius 3 is 2.53 bits per heavy atom. The van der Waals surface area contributed by atoms with Crippen LogP contribution < -0.4 is 4.74 Å². The lowest BCUT2D eigenvalue weighted by Crippen LogP contribution is -2.42. The van der Waals surface area contributed by atoms with Gasteiger partial charge in [0.25, 0.3) is 11.7 Å². The Kier molecular flexibility index (Phi) is 6.53. The SMILES string of the molecule is COc1ccc(C(O)=C2C(=O)C(=O)N(CCN3CCOCC3)[C@H]2c2ccncc2)cc1C. The molecule has 1 aromatic heterocycles. The smallest absolute Gasteiger partial charge is 0.295 e. The molecule has 2 aliphatic heterocycles. The number of ketones is 1. The number of methoxy groups -OCH3 is 1. The number of aromatic nitrogens is 1. The van der Waals surface area contributed by atoms with Gasteiger partial charge in [-0.2, -0.15) is 0 Å². The summed E-state index contributed by atoms with van der Waals surface area (Å²) < 4.78 is 10.7. The van der Waals surface area contributed by atoms with Crippen molar-refractivity contribution in [1.29, 1.82) is 0 Å². The van der Waals surface area contributed by atoms with E-state index in [1.54, 1.807) is 54.7 Å². The molecular weight excluding hydrogens is 410 g/mol. The Bertz CT molecular complexity index is 1030. The second-order valence-electron chi connectivity index (χ2n) is 7.91. The number of morpholine rings is 1. The van der Waals surface area contributed by atoms with E-state index in [1.807, 2.05) is 6.92 Å². The van der Waals surface area contributed by atoms with E-state index in [-0.39, 0.29) is 11.3 Å². The first-order valence-corrected chi connectivity index (χ1v) is 10.6. The number of aliphatic hydroxyl groups excluding tert-OH is 1. The molecule has 1 amide bonds. The Balaban J connectivity index is 1.72. The van der Waals surface area contributed by atoms with Crippen LogP contribution in [0.4, 0.5) is 0 Å². The molecule has 0 bridgehead atoms. The topological polar surface area (TPSA) is 92.2 Å². The molecule has 0 aliphatic carbocycles.